The van der Waals surface area contributed by atoms with Crippen molar-refractivity contribution in [3.05, 3.63) is 52.2 Å². The Balaban J connectivity index is 2.00. The predicted molar refractivity (Wildman–Crippen MR) is 70.8 cm³/mol. The molecule has 0 aliphatic heterocycles. The lowest BCUT2D eigenvalue weighted by atomic mass is 10.1. The highest BCUT2D eigenvalue weighted by Crippen LogP contribution is 2.23. The van der Waals surface area contributed by atoms with E-state index in [-0.39, 0.29) is 12.5 Å². The molecule has 0 fully saturated rings. The minimum atomic E-state index is 0.0645. The van der Waals surface area contributed by atoms with Crippen LogP contribution in [-0.2, 0) is 0 Å². The molecular formula is C14H16O2S. The number of para-hydroxylation sites is 1. The molecule has 0 aliphatic rings. The number of rotatable bonds is 5. The van der Waals surface area contributed by atoms with Crippen LogP contribution in [0.1, 0.15) is 16.4 Å². The zero-order chi connectivity index (χ0) is 12.1. The first-order chi connectivity index (χ1) is 8.31. The van der Waals surface area contributed by atoms with Gasteiger partial charge in [-0.3, -0.25) is 0 Å². The van der Waals surface area contributed by atoms with E-state index in [1.54, 1.807) is 11.3 Å². The van der Waals surface area contributed by atoms with Crippen molar-refractivity contribution in [1.82, 2.24) is 0 Å². The van der Waals surface area contributed by atoms with Crippen LogP contribution in [0.4, 0.5) is 0 Å². The second kappa shape index (κ2) is 5.84. The third kappa shape index (κ3) is 3.08. The third-order valence-electron chi connectivity index (χ3n) is 2.70. The van der Waals surface area contributed by atoms with E-state index < -0.39 is 0 Å². The van der Waals surface area contributed by atoms with Gasteiger partial charge in [-0.05, 0) is 30.0 Å². The van der Waals surface area contributed by atoms with Gasteiger partial charge in [-0.25, -0.2) is 0 Å². The fourth-order valence-electron chi connectivity index (χ4n) is 1.66. The van der Waals surface area contributed by atoms with Gasteiger partial charge in [0, 0.05) is 4.88 Å². The number of ether oxygens (including phenoxy) is 1. The molecule has 3 heteroatoms. The molecular weight excluding hydrogens is 232 g/mol. The average Bonchev–Trinajstić information content (AvgIpc) is 2.86. The smallest absolute Gasteiger partial charge is 0.122 e. The lowest BCUT2D eigenvalue weighted by Crippen LogP contribution is -2.13. The van der Waals surface area contributed by atoms with Crippen LogP contribution in [0.25, 0.3) is 0 Å². The minimum Gasteiger partial charge on any atom is -0.493 e. The molecule has 0 radical (unpaired) electrons. The van der Waals surface area contributed by atoms with Gasteiger partial charge in [0.05, 0.1) is 19.1 Å². The average molecular weight is 248 g/mol. The molecule has 0 amide bonds. The Morgan fingerprint density at radius 1 is 1.24 bits per heavy atom. The Hall–Kier alpha value is -1.32. The summed E-state index contributed by atoms with van der Waals surface area (Å²) in [5, 5.41) is 11.4. The van der Waals surface area contributed by atoms with Crippen molar-refractivity contribution in [1.29, 1.82) is 0 Å². The zero-order valence-corrected chi connectivity index (χ0v) is 10.6. The maximum absolute atomic E-state index is 9.37. The number of aliphatic hydroxyl groups is 1. The number of hydrogen-bond donors (Lipinski definition) is 1. The van der Waals surface area contributed by atoms with Gasteiger partial charge in [-0.15, -0.1) is 11.3 Å². The van der Waals surface area contributed by atoms with Crippen molar-refractivity contribution in [2.45, 2.75) is 12.8 Å². The summed E-state index contributed by atoms with van der Waals surface area (Å²) < 4.78 is 5.76. The van der Waals surface area contributed by atoms with E-state index >= 15 is 0 Å². The van der Waals surface area contributed by atoms with E-state index in [1.807, 2.05) is 48.7 Å². The highest BCUT2D eigenvalue weighted by molar-refractivity contribution is 7.10. The van der Waals surface area contributed by atoms with Gasteiger partial charge in [-0.1, -0.05) is 24.3 Å². The number of benzene rings is 1. The molecule has 0 saturated carbocycles. The van der Waals surface area contributed by atoms with Gasteiger partial charge in [0.1, 0.15) is 5.75 Å². The monoisotopic (exact) mass is 248 g/mol. The highest BCUT2D eigenvalue weighted by atomic mass is 32.1. The number of thiophene rings is 1. The van der Waals surface area contributed by atoms with Gasteiger partial charge < -0.3 is 9.84 Å². The Bertz CT molecular complexity index is 451. The summed E-state index contributed by atoms with van der Waals surface area (Å²) in [7, 11) is 0. The quantitative estimate of drug-likeness (QED) is 0.880. The van der Waals surface area contributed by atoms with Crippen LogP contribution in [0.5, 0.6) is 5.75 Å². The van der Waals surface area contributed by atoms with Crippen LogP contribution in [0, 0.1) is 6.92 Å². The van der Waals surface area contributed by atoms with E-state index in [9.17, 15) is 5.11 Å². The topological polar surface area (TPSA) is 29.5 Å². The number of aryl methyl sites for hydroxylation is 1. The van der Waals surface area contributed by atoms with Gasteiger partial charge in [0.15, 0.2) is 0 Å². The second-order valence-electron chi connectivity index (χ2n) is 3.97. The zero-order valence-electron chi connectivity index (χ0n) is 9.80. The summed E-state index contributed by atoms with van der Waals surface area (Å²) in [6, 6.07) is 12.0. The summed E-state index contributed by atoms with van der Waals surface area (Å²) in [6.07, 6.45) is 0. The number of hydrogen-bond acceptors (Lipinski definition) is 3. The van der Waals surface area contributed by atoms with Crippen LogP contribution in [0.2, 0.25) is 0 Å². The van der Waals surface area contributed by atoms with Crippen LogP contribution >= 0.6 is 11.3 Å². The molecule has 1 aromatic heterocycles. The number of aliphatic hydroxyl groups excluding tert-OH is 1. The first-order valence-electron chi connectivity index (χ1n) is 5.64. The normalized spacial score (nSPS) is 12.4. The van der Waals surface area contributed by atoms with E-state index in [2.05, 4.69) is 0 Å². The van der Waals surface area contributed by atoms with Crippen molar-refractivity contribution in [2.75, 3.05) is 13.2 Å². The largest absolute Gasteiger partial charge is 0.493 e. The second-order valence-corrected chi connectivity index (χ2v) is 4.95. The summed E-state index contributed by atoms with van der Waals surface area (Å²) in [5.41, 5.74) is 1.12. The molecule has 0 aliphatic carbocycles. The Kier molecular flexibility index (Phi) is 4.18. The highest BCUT2D eigenvalue weighted by Gasteiger charge is 2.12. The molecule has 1 aromatic carbocycles. The van der Waals surface area contributed by atoms with Crippen molar-refractivity contribution in [2.24, 2.45) is 0 Å². The SMILES string of the molecule is Cc1ccccc1OCC(CO)c1cccs1. The summed E-state index contributed by atoms with van der Waals surface area (Å²) >= 11 is 1.65. The Labute approximate surface area is 105 Å². The lowest BCUT2D eigenvalue weighted by molar-refractivity contribution is 0.206. The first kappa shape index (κ1) is 12.1. The van der Waals surface area contributed by atoms with E-state index in [4.69, 9.17) is 4.74 Å². The molecule has 90 valence electrons. The van der Waals surface area contributed by atoms with Crippen molar-refractivity contribution < 1.29 is 9.84 Å². The maximum Gasteiger partial charge on any atom is 0.122 e. The van der Waals surface area contributed by atoms with Crippen molar-refractivity contribution >= 4 is 11.3 Å². The van der Waals surface area contributed by atoms with Crippen molar-refractivity contribution in [3.8, 4) is 5.75 Å². The molecule has 0 bridgehead atoms. The molecule has 2 nitrogen and oxygen atoms in total. The molecule has 2 aromatic rings. The predicted octanol–water partition coefficient (Wildman–Crippen LogP) is 3.21. The maximum atomic E-state index is 9.37. The van der Waals surface area contributed by atoms with E-state index in [1.165, 1.54) is 4.88 Å². The fourth-order valence-corrected chi connectivity index (χ4v) is 2.46. The van der Waals surface area contributed by atoms with Gasteiger partial charge in [-0.2, -0.15) is 0 Å². The molecule has 1 atom stereocenters. The molecule has 0 spiro atoms. The summed E-state index contributed by atoms with van der Waals surface area (Å²) in [4.78, 5) is 1.17. The molecule has 2 rings (SSSR count). The third-order valence-corrected chi connectivity index (χ3v) is 3.73. The van der Waals surface area contributed by atoms with E-state index in [0.717, 1.165) is 11.3 Å². The fraction of sp³-hybridized carbons (Fsp3) is 0.286. The Morgan fingerprint density at radius 3 is 2.71 bits per heavy atom. The molecule has 0 saturated heterocycles. The molecule has 1 unspecified atom stereocenters. The lowest BCUT2D eigenvalue weighted by Gasteiger charge is -2.15. The van der Waals surface area contributed by atoms with Crippen molar-refractivity contribution in [3.63, 3.8) is 0 Å². The summed E-state index contributed by atoms with van der Waals surface area (Å²) in [5.74, 6) is 0.956. The summed E-state index contributed by atoms with van der Waals surface area (Å²) in [6.45, 7) is 2.66. The van der Waals surface area contributed by atoms with Gasteiger partial charge in [0.2, 0.25) is 0 Å². The first-order valence-corrected chi connectivity index (χ1v) is 6.52. The Morgan fingerprint density at radius 2 is 2.06 bits per heavy atom. The van der Waals surface area contributed by atoms with Crippen LogP contribution in [-0.4, -0.2) is 18.3 Å². The van der Waals surface area contributed by atoms with E-state index in [0.29, 0.717) is 6.61 Å². The minimum absolute atomic E-state index is 0.0645. The standard InChI is InChI=1S/C14H16O2S/c1-11-5-2-3-6-13(11)16-10-12(9-15)14-7-4-8-17-14/h2-8,12,15H,9-10H2,1H3. The molecule has 17 heavy (non-hydrogen) atoms. The van der Waals surface area contributed by atoms with Gasteiger partial charge >= 0.3 is 0 Å². The van der Waals surface area contributed by atoms with Crippen LogP contribution in [0.3, 0.4) is 0 Å². The van der Waals surface area contributed by atoms with Gasteiger partial charge in [0.25, 0.3) is 0 Å². The molecule has 1 N–H and O–H groups in total. The van der Waals surface area contributed by atoms with Crippen LogP contribution < -0.4 is 4.74 Å². The molecule has 1 heterocycles. The van der Waals surface area contributed by atoms with Crippen LogP contribution in [0.15, 0.2) is 41.8 Å².